The van der Waals surface area contributed by atoms with Gasteiger partial charge in [0.2, 0.25) is 0 Å². The Morgan fingerprint density at radius 3 is 3.22 bits per heavy atom. The Balaban J connectivity index is 1.67. The lowest BCUT2D eigenvalue weighted by Crippen LogP contribution is -2.29. The van der Waals surface area contributed by atoms with E-state index in [4.69, 9.17) is 0 Å². The molecule has 3 rings (SSSR count). The van der Waals surface area contributed by atoms with E-state index < -0.39 is 0 Å². The van der Waals surface area contributed by atoms with Gasteiger partial charge in [0.25, 0.3) is 0 Å². The van der Waals surface area contributed by atoms with E-state index in [1.807, 2.05) is 6.20 Å². The standard InChI is InChI=1S/C14H20N4/c1-10-7-12-14(16-8-10)18-13(17-12)5-4-11-3-2-6-15-9-11/h7-8,11,15H,2-6,9H2,1H3,(H,16,17,18). The van der Waals surface area contributed by atoms with E-state index in [0.717, 1.165) is 35.9 Å². The van der Waals surface area contributed by atoms with Crippen molar-refractivity contribution < 1.29 is 0 Å². The molecule has 0 aliphatic carbocycles. The van der Waals surface area contributed by atoms with Crippen LogP contribution in [0.3, 0.4) is 0 Å². The summed E-state index contributed by atoms with van der Waals surface area (Å²) in [4.78, 5) is 12.3. The van der Waals surface area contributed by atoms with Crippen LogP contribution in [0.5, 0.6) is 0 Å². The molecule has 18 heavy (non-hydrogen) atoms. The molecule has 0 saturated carbocycles. The lowest BCUT2D eigenvalue weighted by Gasteiger charge is -2.22. The van der Waals surface area contributed by atoms with Crippen LogP contribution < -0.4 is 5.32 Å². The molecule has 2 aromatic rings. The maximum atomic E-state index is 4.55. The maximum Gasteiger partial charge on any atom is 0.177 e. The second-order valence-electron chi connectivity index (χ2n) is 5.32. The van der Waals surface area contributed by atoms with Gasteiger partial charge in [-0.1, -0.05) is 0 Å². The third-order valence-electron chi connectivity index (χ3n) is 3.71. The highest BCUT2D eigenvalue weighted by atomic mass is 15.0. The molecule has 2 aromatic heterocycles. The molecule has 0 amide bonds. The topological polar surface area (TPSA) is 53.6 Å². The highest BCUT2D eigenvalue weighted by Gasteiger charge is 2.13. The minimum atomic E-state index is 0.807. The van der Waals surface area contributed by atoms with E-state index in [2.05, 4.69) is 33.3 Å². The number of hydrogen-bond donors (Lipinski definition) is 2. The summed E-state index contributed by atoms with van der Waals surface area (Å²) in [5.74, 6) is 1.88. The first-order valence-electron chi connectivity index (χ1n) is 6.83. The second kappa shape index (κ2) is 5.06. The zero-order chi connectivity index (χ0) is 12.4. The number of H-pyrrole nitrogens is 1. The molecule has 96 valence electrons. The van der Waals surface area contributed by atoms with Crippen molar-refractivity contribution in [3.8, 4) is 0 Å². The highest BCUT2D eigenvalue weighted by Crippen LogP contribution is 2.17. The van der Waals surface area contributed by atoms with E-state index in [1.165, 1.54) is 31.4 Å². The fourth-order valence-electron chi connectivity index (χ4n) is 2.68. The lowest BCUT2D eigenvalue weighted by atomic mass is 9.95. The number of aryl methyl sites for hydroxylation is 2. The smallest absolute Gasteiger partial charge is 0.177 e. The van der Waals surface area contributed by atoms with Gasteiger partial charge in [0, 0.05) is 12.6 Å². The minimum absolute atomic E-state index is 0.807. The van der Waals surface area contributed by atoms with Crippen molar-refractivity contribution in [3.63, 3.8) is 0 Å². The van der Waals surface area contributed by atoms with Gasteiger partial charge in [-0.15, -0.1) is 0 Å². The number of piperidine rings is 1. The fourth-order valence-corrected chi connectivity index (χ4v) is 2.68. The van der Waals surface area contributed by atoms with Gasteiger partial charge < -0.3 is 10.3 Å². The first kappa shape index (κ1) is 11.7. The van der Waals surface area contributed by atoms with Crippen LogP contribution in [0.1, 0.15) is 30.7 Å². The molecule has 4 nitrogen and oxygen atoms in total. The fraction of sp³-hybridized carbons (Fsp3) is 0.571. The zero-order valence-corrected chi connectivity index (χ0v) is 10.9. The number of hydrogen-bond acceptors (Lipinski definition) is 3. The van der Waals surface area contributed by atoms with Crippen LogP contribution in [0.25, 0.3) is 11.2 Å². The largest absolute Gasteiger partial charge is 0.341 e. The number of aromatic amines is 1. The molecule has 3 heterocycles. The Kier molecular flexibility index (Phi) is 3.28. The molecule has 4 heteroatoms. The molecular weight excluding hydrogens is 224 g/mol. The highest BCUT2D eigenvalue weighted by molar-refractivity contribution is 5.70. The molecule has 0 spiro atoms. The van der Waals surface area contributed by atoms with Crippen LogP contribution in [0.15, 0.2) is 12.3 Å². The molecule has 2 N–H and O–H groups in total. The third-order valence-corrected chi connectivity index (χ3v) is 3.71. The number of pyridine rings is 1. The molecule has 1 saturated heterocycles. The molecule has 1 aliphatic heterocycles. The van der Waals surface area contributed by atoms with Crippen molar-refractivity contribution in [1.82, 2.24) is 20.3 Å². The lowest BCUT2D eigenvalue weighted by molar-refractivity contribution is 0.356. The molecule has 1 atom stereocenters. The molecular formula is C14H20N4. The number of fused-ring (bicyclic) bond motifs is 1. The Bertz CT molecular complexity index is 526. The Hall–Kier alpha value is -1.42. The molecule has 0 aromatic carbocycles. The first-order chi connectivity index (χ1) is 8.81. The number of nitrogens with zero attached hydrogens (tertiary/aromatic N) is 2. The quantitative estimate of drug-likeness (QED) is 0.870. The van der Waals surface area contributed by atoms with Crippen LogP contribution in [0.4, 0.5) is 0 Å². The van der Waals surface area contributed by atoms with Crippen LogP contribution in [0, 0.1) is 12.8 Å². The van der Waals surface area contributed by atoms with Crippen LogP contribution in [-0.2, 0) is 6.42 Å². The molecule has 0 bridgehead atoms. The van der Waals surface area contributed by atoms with E-state index in [9.17, 15) is 0 Å². The average Bonchev–Trinajstić information content (AvgIpc) is 2.79. The van der Waals surface area contributed by atoms with Gasteiger partial charge in [-0.25, -0.2) is 9.97 Å². The van der Waals surface area contributed by atoms with E-state index in [1.54, 1.807) is 0 Å². The Labute approximate surface area is 107 Å². The van der Waals surface area contributed by atoms with Crippen LogP contribution >= 0.6 is 0 Å². The monoisotopic (exact) mass is 244 g/mol. The van der Waals surface area contributed by atoms with Crippen molar-refractivity contribution in [2.75, 3.05) is 13.1 Å². The number of nitrogens with one attached hydrogen (secondary N) is 2. The predicted molar refractivity (Wildman–Crippen MR) is 72.5 cm³/mol. The van der Waals surface area contributed by atoms with E-state index in [0.29, 0.717) is 0 Å². The SMILES string of the molecule is Cc1cnc2nc(CCC3CCCNC3)[nH]c2c1. The van der Waals surface area contributed by atoms with Gasteiger partial charge >= 0.3 is 0 Å². The van der Waals surface area contributed by atoms with E-state index >= 15 is 0 Å². The molecule has 1 unspecified atom stereocenters. The van der Waals surface area contributed by atoms with Crippen molar-refractivity contribution in [2.24, 2.45) is 5.92 Å². The molecule has 0 radical (unpaired) electrons. The molecule has 1 fully saturated rings. The van der Waals surface area contributed by atoms with Gasteiger partial charge in [-0.05, 0) is 56.8 Å². The van der Waals surface area contributed by atoms with Gasteiger partial charge in [-0.2, -0.15) is 0 Å². The van der Waals surface area contributed by atoms with Crippen LogP contribution in [-0.4, -0.2) is 28.0 Å². The van der Waals surface area contributed by atoms with Crippen molar-refractivity contribution in [1.29, 1.82) is 0 Å². The third kappa shape index (κ3) is 2.53. The average molecular weight is 244 g/mol. The van der Waals surface area contributed by atoms with Gasteiger partial charge in [0.15, 0.2) is 5.65 Å². The van der Waals surface area contributed by atoms with Crippen molar-refractivity contribution in [2.45, 2.75) is 32.6 Å². The number of imidazole rings is 1. The Morgan fingerprint density at radius 2 is 2.39 bits per heavy atom. The first-order valence-corrected chi connectivity index (χ1v) is 6.83. The normalized spacial score (nSPS) is 20.4. The number of rotatable bonds is 3. The van der Waals surface area contributed by atoms with Crippen molar-refractivity contribution >= 4 is 11.2 Å². The summed E-state index contributed by atoms with van der Waals surface area (Å²) in [6.45, 7) is 4.41. The Morgan fingerprint density at radius 1 is 1.44 bits per heavy atom. The summed E-state index contributed by atoms with van der Waals surface area (Å²) < 4.78 is 0. The summed E-state index contributed by atoms with van der Waals surface area (Å²) in [7, 11) is 0. The van der Waals surface area contributed by atoms with Gasteiger partial charge in [-0.3, -0.25) is 0 Å². The minimum Gasteiger partial charge on any atom is -0.341 e. The van der Waals surface area contributed by atoms with Crippen molar-refractivity contribution in [3.05, 3.63) is 23.7 Å². The summed E-state index contributed by atoms with van der Waals surface area (Å²) in [5, 5.41) is 3.46. The summed E-state index contributed by atoms with van der Waals surface area (Å²) in [5.41, 5.74) is 3.08. The van der Waals surface area contributed by atoms with E-state index in [-0.39, 0.29) is 0 Å². The summed E-state index contributed by atoms with van der Waals surface area (Å²) in [6, 6.07) is 2.11. The second-order valence-corrected chi connectivity index (χ2v) is 5.32. The zero-order valence-electron chi connectivity index (χ0n) is 10.9. The summed E-state index contributed by atoms with van der Waals surface area (Å²) >= 11 is 0. The van der Waals surface area contributed by atoms with Gasteiger partial charge in [0.1, 0.15) is 5.82 Å². The van der Waals surface area contributed by atoms with Gasteiger partial charge in [0.05, 0.1) is 5.52 Å². The number of aromatic nitrogens is 3. The van der Waals surface area contributed by atoms with Crippen LogP contribution in [0.2, 0.25) is 0 Å². The molecule has 1 aliphatic rings. The predicted octanol–water partition coefficient (Wildman–Crippen LogP) is 2.20. The summed E-state index contributed by atoms with van der Waals surface area (Å²) in [6.07, 6.45) is 6.78. The maximum absolute atomic E-state index is 4.55.